The summed E-state index contributed by atoms with van der Waals surface area (Å²) < 4.78 is 31.4. The maximum atomic E-state index is 13.9. The van der Waals surface area contributed by atoms with Gasteiger partial charge in [-0.05, 0) is 49.4 Å². The first kappa shape index (κ1) is 22.8. The van der Waals surface area contributed by atoms with Crippen LogP contribution in [0, 0.1) is 12.7 Å². The number of nitrogens with zero attached hydrogens (tertiary/aromatic N) is 2. The molecular weight excluding hydrogens is 441 g/mol. The monoisotopic (exact) mass is 463 g/mol. The zero-order valence-corrected chi connectivity index (χ0v) is 18.6. The fourth-order valence-electron chi connectivity index (χ4n) is 3.23. The summed E-state index contributed by atoms with van der Waals surface area (Å²) in [7, 11) is 1.32. The second-order valence-electron chi connectivity index (χ2n) is 7.44. The second kappa shape index (κ2) is 10.0. The molecule has 0 bridgehead atoms. The third kappa shape index (κ3) is 5.32. The standard InChI is InChI=1S/C25H22FN3O5/c1-16-13-23(28-29(16)14-18-5-3-4-6-21(18)26)27-24(30)22-12-11-20(34-22)15-33-19-9-7-17(8-10-19)25(31)32-2/h3-13H,14-15H2,1-2H3,(H,27,28,30). The van der Waals surface area contributed by atoms with Gasteiger partial charge in [-0.2, -0.15) is 5.10 Å². The number of carbonyl (C=O) groups is 2. The predicted molar refractivity (Wildman–Crippen MR) is 121 cm³/mol. The van der Waals surface area contributed by atoms with Crippen molar-refractivity contribution in [1.82, 2.24) is 9.78 Å². The average Bonchev–Trinajstić information content (AvgIpc) is 3.45. The highest BCUT2D eigenvalue weighted by molar-refractivity contribution is 6.01. The van der Waals surface area contributed by atoms with E-state index in [1.165, 1.54) is 19.2 Å². The molecule has 34 heavy (non-hydrogen) atoms. The van der Waals surface area contributed by atoms with Crippen LogP contribution in [0.25, 0.3) is 0 Å². The number of ether oxygens (including phenoxy) is 2. The number of esters is 1. The Labute approximate surface area is 194 Å². The van der Waals surface area contributed by atoms with Crippen molar-refractivity contribution >= 4 is 17.7 Å². The van der Waals surface area contributed by atoms with Gasteiger partial charge in [0, 0.05) is 17.3 Å². The molecule has 1 amide bonds. The van der Waals surface area contributed by atoms with E-state index in [9.17, 15) is 14.0 Å². The molecule has 2 aromatic heterocycles. The number of aryl methyl sites for hydroxylation is 1. The molecule has 0 atom stereocenters. The van der Waals surface area contributed by atoms with E-state index >= 15 is 0 Å². The smallest absolute Gasteiger partial charge is 0.337 e. The summed E-state index contributed by atoms with van der Waals surface area (Å²) >= 11 is 0. The molecular formula is C25H22FN3O5. The Morgan fingerprint density at radius 1 is 1.09 bits per heavy atom. The van der Waals surface area contributed by atoms with Crippen LogP contribution in [0.2, 0.25) is 0 Å². The van der Waals surface area contributed by atoms with Gasteiger partial charge >= 0.3 is 5.97 Å². The lowest BCUT2D eigenvalue weighted by Gasteiger charge is -2.05. The summed E-state index contributed by atoms with van der Waals surface area (Å²) in [5.41, 5.74) is 1.69. The van der Waals surface area contributed by atoms with Crippen molar-refractivity contribution in [3.63, 3.8) is 0 Å². The minimum absolute atomic E-state index is 0.0981. The number of anilines is 1. The Morgan fingerprint density at radius 3 is 2.59 bits per heavy atom. The Morgan fingerprint density at radius 2 is 1.85 bits per heavy atom. The van der Waals surface area contributed by atoms with Gasteiger partial charge in [0.25, 0.3) is 5.91 Å². The number of aromatic nitrogens is 2. The first-order chi connectivity index (χ1) is 16.4. The topological polar surface area (TPSA) is 95.6 Å². The maximum Gasteiger partial charge on any atom is 0.337 e. The molecule has 0 aliphatic heterocycles. The first-order valence-electron chi connectivity index (χ1n) is 10.4. The third-order valence-electron chi connectivity index (χ3n) is 5.04. The lowest BCUT2D eigenvalue weighted by atomic mass is 10.2. The zero-order chi connectivity index (χ0) is 24.1. The molecule has 0 saturated carbocycles. The molecule has 9 heteroatoms. The number of benzene rings is 2. The second-order valence-corrected chi connectivity index (χ2v) is 7.44. The minimum atomic E-state index is -0.468. The molecule has 4 rings (SSSR count). The maximum absolute atomic E-state index is 13.9. The molecule has 0 saturated heterocycles. The lowest BCUT2D eigenvalue weighted by Crippen LogP contribution is -2.12. The number of nitrogens with one attached hydrogen (secondary N) is 1. The number of carbonyl (C=O) groups excluding carboxylic acids is 2. The molecule has 0 unspecified atom stereocenters. The summed E-state index contributed by atoms with van der Waals surface area (Å²) in [6, 6.07) is 17.8. The van der Waals surface area contributed by atoms with Gasteiger partial charge in [-0.1, -0.05) is 18.2 Å². The van der Waals surface area contributed by atoms with Crippen LogP contribution in [0.4, 0.5) is 10.2 Å². The van der Waals surface area contributed by atoms with Crippen LogP contribution in [0.5, 0.6) is 5.75 Å². The first-order valence-corrected chi connectivity index (χ1v) is 10.4. The number of rotatable bonds is 8. The fraction of sp³-hybridized carbons (Fsp3) is 0.160. The fourth-order valence-corrected chi connectivity index (χ4v) is 3.23. The van der Waals surface area contributed by atoms with Gasteiger partial charge in [0.1, 0.15) is 23.9 Å². The van der Waals surface area contributed by atoms with Crippen LogP contribution in [-0.4, -0.2) is 28.8 Å². The Kier molecular flexibility index (Phi) is 6.72. The van der Waals surface area contributed by atoms with Gasteiger partial charge in [-0.25, -0.2) is 9.18 Å². The van der Waals surface area contributed by atoms with Crippen LogP contribution in [-0.2, 0) is 17.9 Å². The summed E-state index contributed by atoms with van der Waals surface area (Å²) in [4.78, 5) is 24.0. The molecule has 174 valence electrons. The Bertz CT molecular complexity index is 1310. The summed E-state index contributed by atoms with van der Waals surface area (Å²) in [5, 5.41) is 7.03. The van der Waals surface area contributed by atoms with Crippen molar-refractivity contribution in [3.05, 3.63) is 101 Å². The highest BCUT2D eigenvalue weighted by Gasteiger charge is 2.15. The van der Waals surface area contributed by atoms with Crippen LogP contribution in [0.1, 0.15) is 37.9 Å². The molecule has 0 radical (unpaired) electrons. The quantitative estimate of drug-likeness (QED) is 0.384. The van der Waals surface area contributed by atoms with Crippen molar-refractivity contribution in [1.29, 1.82) is 0 Å². The number of amides is 1. The van der Waals surface area contributed by atoms with Crippen molar-refractivity contribution in [2.24, 2.45) is 0 Å². The summed E-state index contributed by atoms with van der Waals surface area (Å²) in [5.74, 6) is 0.200. The van der Waals surface area contributed by atoms with E-state index in [-0.39, 0.29) is 24.7 Å². The third-order valence-corrected chi connectivity index (χ3v) is 5.04. The summed E-state index contributed by atoms with van der Waals surface area (Å²) in [6.45, 7) is 2.17. The van der Waals surface area contributed by atoms with Crippen molar-refractivity contribution in [3.8, 4) is 5.75 Å². The Hall–Kier alpha value is -4.40. The highest BCUT2D eigenvalue weighted by Crippen LogP contribution is 2.18. The van der Waals surface area contributed by atoms with Gasteiger partial charge in [0.15, 0.2) is 11.6 Å². The zero-order valence-electron chi connectivity index (χ0n) is 18.6. The van der Waals surface area contributed by atoms with Gasteiger partial charge in [-0.3, -0.25) is 9.48 Å². The van der Waals surface area contributed by atoms with Crippen LogP contribution in [0.15, 0.2) is 71.1 Å². The van der Waals surface area contributed by atoms with Crippen LogP contribution in [0.3, 0.4) is 0 Å². The molecule has 8 nitrogen and oxygen atoms in total. The van der Waals surface area contributed by atoms with E-state index in [0.717, 1.165) is 5.69 Å². The van der Waals surface area contributed by atoms with Crippen molar-refractivity contribution in [2.75, 3.05) is 12.4 Å². The van der Waals surface area contributed by atoms with E-state index in [2.05, 4.69) is 15.2 Å². The van der Waals surface area contributed by atoms with E-state index in [4.69, 9.17) is 9.15 Å². The van der Waals surface area contributed by atoms with E-state index in [1.54, 1.807) is 59.3 Å². The Balaban J connectivity index is 1.34. The van der Waals surface area contributed by atoms with E-state index < -0.39 is 11.9 Å². The van der Waals surface area contributed by atoms with Crippen molar-refractivity contribution < 1.29 is 27.9 Å². The molecule has 2 heterocycles. The number of methoxy groups -OCH3 is 1. The summed E-state index contributed by atoms with van der Waals surface area (Å²) in [6.07, 6.45) is 0. The van der Waals surface area contributed by atoms with Gasteiger partial charge < -0.3 is 19.2 Å². The van der Waals surface area contributed by atoms with Gasteiger partial charge in [-0.15, -0.1) is 0 Å². The highest BCUT2D eigenvalue weighted by atomic mass is 19.1. The molecule has 0 aliphatic carbocycles. The number of furan rings is 1. The number of hydrogen-bond donors (Lipinski definition) is 1. The van der Waals surface area contributed by atoms with Gasteiger partial charge in [0.2, 0.25) is 0 Å². The van der Waals surface area contributed by atoms with Crippen LogP contribution < -0.4 is 10.1 Å². The molecule has 1 N–H and O–H groups in total. The number of halogens is 1. The van der Waals surface area contributed by atoms with E-state index in [0.29, 0.717) is 28.5 Å². The molecule has 0 spiro atoms. The minimum Gasteiger partial charge on any atom is -0.486 e. The number of hydrogen-bond acceptors (Lipinski definition) is 6. The van der Waals surface area contributed by atoms with Crippen molar-refractivity contribution in [2.45, 2.75) is 20.1 Å². The predicted octanol–water partition coefficient (Wildman–Crippen LogP) is 4.59. The largest absolute Gasteiger partial charge is 0.486 e. The van der Waals surface area contributed by atoms with Gasteiger partial charge in [0.05, 0.1) is 19.2 Å². The van der Waals surface area contributed by atoms with Crippen LogP contribution >= 0.6 is 0 Å². The lowest BCUT2D eigenvalue weighted by molar-refractivity contribution is 0.0600. The molecule has 4 aromatic rings. The molecule has 2 aromatic carbocycles. The molecule has 0 fully saturated rings. The normalized spacial score (nSPS) is 10.7. The van der Waals surface area contributed by atoms with E-state index in [1.807, 2.05) is 6.92 Å². The molecule has 0 aliphatic rings. The SMILES string of the molecule is COC(=O)c1ccc(OCc2ccc(C(=O)Nc3cc(C)n(Cc4ccccc4F)n3)o2)cc1. The average molecular weight is 463 g/mol.